The maximum Gasteiger partial charge on any atom is 0.387 e. The Morgan fingerprint density at radius 3 is 2.81 bits per heavy atom. The molecule has 3 rings (SSSR count). The third kappa shape index (κ3) is 7.12. The van der Waals surface area contributed by atoms with Gasteiger partial charge in [0.25, 0.3) is 5.91 Å². The number of amides is 1. The predicted molar refractivity (Wildman–Crippen MR) is 139 cm³/mol. The monoisotopic (exact) mass is 517 g/mol. The van der Waals surface area contributed by atoms with Crippen LogP contribution in [0.25, 0.3) is 0 Å². The largest absolute Gasteiger partial charge is 0.434 e. The Kier molecular flexibility index (Phi) is 9.71. The number of nitrogen functional groups attached to an aromatic ring is 1. The number of likely N-dealkylation sites (tertiary alicyclic amines) is 1. The van der Waals surface area contributed by atoms with E-state index in [0.29, 0.717) is 6.54 Å². The molecule has 0 radical (unpaired) electrons. The van der Waals surface area contributed by atoms with Crippen LogP contribution >= 0.6 is 0 Å². The van der Waals surface area contributed by atoms with Gasteiger partial charge in [-0.1, -0.05) is 0 Å². The number of hydrogen-bond acceptors (Lipinski definition) is 10. The molecule has 2 atom stereocenters. The lowest BCUT2D eigenvalue weighted by Gasteiger charge is -2.24. The number of rotatable bonds is 11. The summed E-state index contributed by atoms with van der Waals surface area (Å²) in [6.45, 7) is -1.69. The molecule has 0 aliphatic carbocycles. The molecule has 2 unspecified atom stereocenters. The van der Waals surface area contributed by atoms with E-state index in [0.717, 1.165) is 25.6 Å². The van der Waals surface area contributed by atoms with Crippen LogP contribution < -0.4 is 37.9 Å². The zero-order chi connectivity index (χ0) is 26.9. The van der Waals surface area contributed by atoms with E-state index in [1.54, 1.807) is 12.3 Å². The number of carbonyl (C=O) groups is 1. The summed E-state index contributed by atoms with van der Waals surface area (Å²) in [5, 5.41) is 16.4. The van der Waals surface area contributed by atoms with Crippen LogP contribution in [0, 0.1) is 5.41 Å². The second-order valence-corrected chi connectivity index (χ2v) is 8.57. The summed E-state index contributed by atoms with van der Waals surface area (Å²) < 4.78 is 31.0. The molecule has 1 aromatic carbocycles. The highest BCUT2D eigenvalue weighted by molar-refractivity contribution is 5.96. The molecule has 1 saturated heterocycles. The molecular weight excluding hydrogens is 484 g/mol. The second kappa shape index (κ2) is 12.9. The molecule has 2 aliphatic heterocycles. The molecule has 13 heteroatoms. The number of carbonyl (C=O) groups excluding carboxylic acids is 1. The van der Waals surface area contributed by atoms with Crippen molar-refractivity contribution in [3.05, 3.63) is 58.8 Å². The number of alkyl halides is 2. The topological polar surface area (TPSA) is 180 Å². The van der Waals surface area contributed by atoms with Gasteiger partial charge in [0.05, 0.1) is 17.3 Å². The van der Waals surface area contributed by atoms with E-state index in [-0.39, 0.29) is 52.2 Å². The Bertz CT molecular complexity index is 1120. The first-order chi connectivity index (χ1) is 17.7. The molecule has 1 amide bonds. The average molecular weight is 518 g/mol. The Hall–Kier alpha value is -3.81. The molecular formula is C24H33F2N9O2. The summed E-state index contributed by atoms with van der Waals surface area (Å²) in [6.07, 6.45) is 9.39. The molecule has 2 aliphatic rings. The number of likely N-dealkylation sites (N-methyl/N-ethyl adjacent to an activating group) is 1. The Labute approximate surface area is 214 Å². The van der Waals surface area contributed by atoms with Gasteiger partial charge in [0.1, 0.15) is 11.6 Å². The summed E-state index contributed by atoms with van der Waals surface area (Å²) in [5.41, 5.74) is 19.0. The van der Waals surface area contributed by atoms with Crippen molar-refractivity contribution in [2.75, 3.05) is 32.4 Å². The summed E-state index contributed by atoms with van der Waals surface area (Å²) in [6, 6.07) is 1.73. The van der Waals surface area contributed by atoms with E-state index in [2.05, 4.69) is 30.6 Å². The molecule has 11 nitrogen and oxygen atoms in total. The first-order valence-electron chi connectivity index (χ1n) is 11.7. The normalized spacial score (nSPS) is 19.9. The van der Waals surface area contributed by atoms with Gasteiger partial charge in [-0.05, 0) is 38.6 Å². The quantitative estimate of drug-likeness (QED) is 0.128. The molecule has 200 valence electrons. The van der Waals surface area contributed by atoms with Gasteiger partial charge in [-0.2, -0.15) is 8.78 Å². The number of nitrogens with two attached hydrogens (primary N) is 3. The fourth-order valence-electron chi connectivity index (χ4n) is 4.10. The van der Waals surface area contributed by atoms with Crippen LogP contribution in [0.4, 0.5) is 14.5 Å². The van der Waals surface area contributed by atoms with Crippen LogP contribution in [0.15, 0.2) is 52.7 Å². The van der Waals surface area contributed by atoms with Gasteiger partial charge in [0.2, 0.25) is 0 Å². The van der Waals surface area contributed by atoms with Gasteiger partial charge >= 0.3 is 6.61 Å². The average Bonchev–Trinajstić information content (AvgIpc) is 3.28. The number of allylic oxidation sites excluding steroid dienone is 1. The molecule has 0 saturated carbocycles. The van der Waals surface area contributed by atoms with Crippen LogP contribution in [-0.4, -0.2) is 62.6 Å². The molecule has 10 N–H and O–H groups in total. The van der Waals surface area contributed by atoms with Crippen molar-refractivity contribution in [3.8, 4) is 5.75 Å². The van der Waals surface area contributed by atoms with Gasteiger partial charge < -0.3 is 48.2 Å². The highest BCUT2D eigenvalue weighted by atomic mass is 19.3. The maximum absolute atomic E-state index is 13.2. The van der Waals surface area contributed by atoms with Crippen molar-refractivity contribution in [2.24, 2.45) is 16.5 Å². The Morgan fingerprint density at radius 2 is 2.22 bits per heavy atom. The summed E-state index contributed by atoms with van der Waals surface area (Å²) in [4.78, 5) is 19.6. The Morgan fingerprint density at radius 1 is 1.43 bits per heavy atom. The van der Waals surface area contributed by atoms with Crippen molar-refractivity contribution in [2.45, 2.75) is 31.5 Å². The van der Waals surface area contributed by atoms with Crippen LogP contribution in [0.1, 0.15) is 30.0 Å². The summed E-state index contributed by atoms with van der Waals surface area (Å²) in [7, 11) is 2.03. The lowest BCUT2D eigenvalue weighted by molar-refractivity contribution is -0.117. The fourth-order valence-corrected chi connectivity index (χ4v) is 4.10. The van der Waals surface area contributed by atoms with Crippen LogP contribution in [-0.2, 0) is 4.79 Å². The number of benzene rings is 1. The molecule has 1 fully saturated rings. The number of aliphatic imine (C=N–C) groups is 1. The van der Waals surface area contributed by atoms with E-state index in [1.807, 2.05) is 7.05 Å². The lowest BCUT2D eigenvalue weighted by Crippen LogP contribution is -2.37. The van der Waals surface area contributed by atoms with Gasteiger partial charge in [-0.15, -0.1) is 0 Å². The van der Waals surface area contributed by atoms with E-state index in [1.165, 1.54) is 24.5 Å². The smallest absolute Gasteiger partial charge is 0.387 e. The minimum Gasteiger partial charge on any atom is -0.434 e. The van der Waals surface area contributed by atoms with Gasteiger partial charge in [0, 0.05) is 66.8 Å². The van der Waals surface area contributed by atoms with Crippen molar-refractivity contribution in [1.82, 2.24) is 20.9 Å². The maximum atomic E-state index is 13.2. The van der Waals surface area contributed by atoms with E-state index in [9.17, 15) is 13.6 Å². The summed E-state index contributed by atoms with van der Waals surface area (Å²) in [5.74, 6) is -0.559. The first kappa shape index (κ1) is 27.8. The van der Waals surface area contributed by atoms with Gasteiger partial charge in [-0.3, -0.25) is 4.79 Å². The second-order valence-electron chi connectivity index (χ2n) is 8.57. The highest BCUT2D eigenvalue weighted by Gasteiger charge is 2.25. The first-order valence-corrected chi connectivity index (χ1v) is 11.7. The molecule has 0 bridgehead atoms. The van der Waals surface area contributed by atoms with E-state index in [4.69, 9.17) is 22.6 Å². The van der Waals surface area contributed by atoms with Crippen molar-refractivity contribution < 1.29 is 18.3 Å². The SMILES string of the molecule is CN1CCCC1CN/C=C(/NC(=O)/C(CN)=C1\N=CC=CN1)C(N)c1cc(C=N)c(N)cc1OC(F)F. The standard InChI is InChI=1S/C24H33F2N9O2/c1-35-7-2-4-15(35)12-31-13-19(34-23(36)17(11-28)22-32-5-3-6-33-22)21(30)16-8-14(10-27)18(29)9-20(16)37-24(25)26/h3,5-6,8-10,13,15,21,24,27,31-32H,2,4,7,11-12,28-30H2,1H3,(H,34,36)/b19-13+,22-17-,27-10?. The van der Waals surface area contributed by atoms with Crippen LogP contribution in [0.5, 0.6) is 5.75 Å². The Balaban J connectivity index is 1.96. The zero-order valence-electron chi connectivity index (χ0n) is 20.5. The molecule has 1 aromatic rings. The number of anilines is 1. The highest BCUT2D eigenvalue weighted by Crippen LogP contribution is 2.32. The van der Waals surface area contributed by atoms with Crippen molar-refractivity contribution >= 4 is 24.0 Å². The third-order valence-corrected chi connectivity index (χ3v) is 6.17. The minimum absolute atomic E-state index is 0.0722. The number of nitrogens with one attached hydrogen (secondary N) is 4. The minimum atomic E-state index is -3.13. The number of halogens is 2. The van der Waals surface area contributed by atoms with Crippen LogP contribution in [0.3, 0.4) is 0 Å². The van der Waals surface area contributed by atoms with Gasteiger partial charge in [0.15, 0.2) is 0 Å². The molecule has 2 heterocycles. The van der Waals surface area contributed by atoms with E-state index >= 15 is 0 Å². The fraction of sp³-hybridized carbons (Fsp3) is 0.375. The predicted octanol–water partition coefficient (Wildman–Crippen LogP) is 0.867. The molecule has 0 aromatic heterocycles. The van der Waals surface area contributed by atoms with Crippen LogP contribution in [0.2, 0.25) is 0 Å². The number of nitrogens with zero attached hydrogens (tertiary/aromatic N) is 2. The molecule has 0 spiro atoms. The van der Waals surface area contributed by atoms with Crippen molar-refractivity contribution in [3.63, 3.8) is 0 Å². The van der Waals surface area contributed by atoms with Crippen molar-refractivity contribution in [1.29, 1.82) is 5.41 Å². The number of hydrogen-bond donors (Lipinski definition) is 7. The molecule has 37 heavy (non-hydrogen) atoms. The zero-order valence-corrected chi connectivity index (χ0v) is 20.5. The lowest BCUT2D eigenvalue weighted by atomic mass is 9.99. The van der Waals surface area contributed by atoms with E-state index < -0.39 is 18.6 Å². The third-order valence-electron chi connectivity index (χ3n) is 6.17. The van der Waals surface area contributed by atoms with Gasteiger partial charge in [-0.25, -0.2) is 4.99 Å². The summed E-state index contributed by atoms with van der Waals surface area (Å²) >= 11 is 0. The number of ether oxygens (including phenoxy) is 1.